The molecule has 23 heavy (non-hydrogen) atoms. The minimum Gasteiger partial charge on any atom is -0.368 e. The van der Waals surface area contributed by atoms with Crippen molar-refractivity contribution in [3.63, 3.8) is 0 Å². The summed E-state index contributed by atoms with van der Waals surface area (Å²) in [5, 5.41) is 5.82. The minimum absolute atomic E-state index is 0.0448. The molecule has 1 aliphatic heterocycles. The van der Waals surface area contributed by atoms with Crippen LogP contribution < -0.4 is 10.6 Å². The molecule has 0 radical (unpaired) electrons. The zero-order chi connectivity index (χ0) is 16.2. The highest BCUT2D eigenvalue weighted by Gasteiger charge is 2.23. The highest BCUT2D eigenvalue weighted by atomic mass is 35.5. The first kappa shape index (κ1) is 15.7. The Labute approximate surface area is 137 Å². The maximum absolute atomic E-state index is 13.1. The molecule has 1 aromatic heterocycles. The molecular formula is C16H15ClFN3O2. The monoisotopic (exact) mass is 335 g/mol. The molecule has 7 heteroatoms. The Kier molecular flexibility index (Phi) is 4.73. The number of anilines is 3. The van der Waals surface area contributed by atoms with Crippen LogP contribution in [0.25, 0.3) is 0 Å². The van der Waals surface area contributed by atoms with Crippen LogP contribution in [-0.2, 0) is 9.53 Å². The third-order valence-electron chi connectivity index (χ3n) is 3.45. The average molecular weight is 336 g/mol. The summed E-state index contributed by atoms with van der Waals surface area (Å²) >= 11 is 5.73. The summed E-state index contributed by atoms with van der Waals surface area (Å²) in [5.41, 5.74) is 1.34. The van der Waals surface area contributed by atoms with Crippen LogP contribution in [0.5, 0.6) is 0 Å². The summed E-state index contributed by atoms with van der Waals surface area (Å²) < 4.78 is 18.4. The predicted octanol–water partition coefficient (Wildman–Crippen LogP) is 3.74. The van der Waals surface area contributed by atoms with E-state index in [0.29, 0.717) is 23.8 Å². The molecule has 1 saturated heterocycles. The third kappa shape index (κ3) is 3.97. The van der Waals surface area contributed by atoms with Crippen LogP contribution in [-0.4, -0.2) is 23.6 Å². The third-order valence-corrected chi connectivity index (χ3v) is 3.73. The second kappa shape index (κ2) is 6.93. The van der Waals surface area contributed by atoms with Gasteiger partial charge in [0.15, 0.2) is 0 Å². The van der Waals surface area contributed by atoms with Crippen molar-refractivity contribution in [2.75, 3.05) is 17.2 Å². The number of amides is 1. The maximum Gasteiger partial charge on any atom is 0.254 e. The van der Waals surface area contributed by atoms with Crippen LogP contribution in [0.1, 0.15) is 12.8 Å². The molecule has 0 aliphatic carbocycles. The van der Waals surface area contributed by atoms with E-state index in [9.17, 15) is 9.18 Å². The summed E-state index contributed by atoms with van der Waals surface area (Å²) in [4.78, 5) is 16.1. The van der Waals surface area contributed by atoms with Gasteiger partial charge < -0.3 is 15.4 Å². The lowest BCUT2D eigenvalue weighted by molar-refractivity contribution is -0.124. The van der Waals surface area contributed by atoms with Gasteiger partial charge in [0.25, 0.3) is 5.91 Å². The van der Waals surface area contributed by atoms with Gasteiger partial charge in [-0.1, -0.05) is 11.6 Å². The Morgan fingerprint density at radius 2 is 2.13 bits per heavy atom. The Balaban J connectivity index is 1.62. The minimum atomic E-state index is -0.470. The molecule has 120 valence electrons. The van der Waals surface area contributed by atoms with Gasteiger partial charge in [-0.3, -0.25) is 4.79 Å². The van der Waals surface area contributed by atoms with Crippen molar-refractivity contribution in [3.05, 3.63) is 47.4 Å². The molecule has 1 aromatic carbocycles. The molecule has 2 heterocycles. The van der Waals surface area contributed by atoms with Crippen LogP contribution in [0.2, 0.25) is 5.02 Å². The summed E-state index contributed by atoms with van der Waals surface area (Å²) in [6.07, 6.45) is 2.81. The first-order valence-electron chi connectivity index (χ1n) is 7.22. The lowest BCUT2D eigenvalue weighted by Crippen LogP contribution is -2.27. The molecular weight excluding hydrogens is 321 g/mol. The number of carbonyl (C=O) groups excluding carboxylic acids is 1. The molecule has 1 aliphatic rings. The number of aromatic nitrogens is 1. The normalized spacial score (nSPS) is 17.0. The quantitative estimate of drug-likeness (QED) is 0.893. The van der Waals surface area contributed by atoms with Gasteiger partial charge in [-0.05, 0) is 43.2 Å². The Bertz CT molecular complexity index is 703. The van der Waals surface area contributed by atoms with Gasteiger partial charge >= 0.3 is 0 Å². The number of halogens is 2. The van der Waals surface area contributed by atoms with Crippen LogP contribution in [0.3, 0.4) is 0 Å². The summed E-state index contributed by atoms with van der Waals surface area (Å²) in [6, 6.07) is 7.79. The fraction of sp³-hybridized carbons (Fsp3) is 0.250. The van der Waals surface area contributed by atoms with Crippen molar-refractivity contribution in [1.82, 2.24) is 4.98 Å². The van der Waals surface area contributed by atoms with E-state index >= 15 is 0 Å². The van der Waals surface area contributed by atoms with Crippen LogP contribution in [0, 0.1) is 5.82 Å². The summed E-state index contributed by atoms with van der Waals surface area (Å²) in [7, 11) is 0. The largest absolute Gasteiger partial charge is 0.368 e. The van der Waals surface area contributed by atoms with Gasteiger partial charge in [0.2, 0.25) is 0 Å². The highest BCUT2D eigenvalue weighted by molar-refractivity contribution is 6.31. The van der Waals surface area contributed by atoms with Crippen molar-refractivity contribution in [2.45, 2.75) is 18.9 Å². The number of ether oxygens (including phenoxy) is 1. The first-order chi connectivity index (χ1) is 11.1. The predicted molar refractivity (Wildman–Crippen MR) is 86.5 cm³/mol. The van der Waals surface area contributed by atoms with E-state index in [2.05, 4.69) is 15.6 Å². The maximum atomic E-state index is 13.1. The van der Waals surface area contributed by atoms with E-state index in [0.717, 1.165) is 12.8 Å². The molecule has 0 saturated carbocycles. The van der Waals surface area contributed by atoms with Gasteiger partial charge in [-0.25, -0.2) is 9.37 Å². The van der Waals surface area contributed by atoms with Crippen LogP contribution >= 0.6 is 11.6 Å². The number of benzene rings is 1. The van der Waals surface area contributed by atoms with Crippen molar-refractivity contribution < 1.29 is 13.9 Å². The number of carbonyl (C=O) groups is 1. The van der Waals surface area contributed by atoms with Crippen molar-refractivity contribution in [2.24, 2.45) is 0 Å². The molecule has 0 bridgehead atoms. The summed E-state index contributed by atoms with van der Waals surface area (Å²) in [6.45, 7) is 0.620. The number of nitrogens with zero attached hydrogens (tertiary/aromatic N) is 1. The fourth-order valence-corrected chi connectivity index (χ4v) is 2.45. The fourth-order valence-electron chi connectivity index (χ4n) is 2.27. The van der Waals surface area contributed by atoms with E-state index in [1.165, 1.54) is 12.1 Å². The average Bonchev–Trinajstić information content (AvgIpc) is 3.07. The SMILES string of the molecule is O=C(Nc1ccc(Nc2ccc(F)c(Cl)c2)cn1)C1CCCO1. The number of hydrogen-bond acceptors (Lipinski definition) is 4. The van der Waals surface area contributed by atoms with Crippen molar-refractivity contribution >= 4 is 34.7 Å². The second-order valence-corrected chi connectivity index (χ2v) is 5.58. The van der Waals surface area contributed by atoms with E-state index in [1.54, 1.807) is 24.4 Å². The van der Waals surface area contributed by atoms with Crippen LogP contribution in [0.15, 0.2) is 36.5 Å². The van der Waals surface area contributed by atoms with E-state index in [1.807, 2.05) is 0 Å². The van der Waals surface area contributed by atoms with Gasteiger partial charge in [-0.2, -0.15) is 0 Å². The lowest BCUT2D eigenvalue weighted by atomic mass is 10.2. The van der Waals surface area contributed by atoms with Gasteiger partial charge in [-0.15, -0.1) is 0 Å². The zero-order valence-corrected chi connectivity index (χ0v) is 12.9. The zero-order valence-electron chi connectivity index (χ0n) is 12.2. The smallest absolute Gasteiger partial charge is 0.254 e. The molecule has 1 atom stereocenters. The molecule has 0 spiro atoms. The molecule has 1 unspecified atom stereocenters. The standard InChI is InChI=1S/C16H15ClFN3O2/c17-12-8-10(3-5-13(12)18)20-11-4-6-15(19-9-11)21-16(22)14-2-1-7-23-14/h3-6,8-9,14,20H,1-2,7H2,(H,19,21,22). The molecule has 1 amide bonds. The van der Waals surface area contributed by atoms with Gasteiger partial charge in [0.1, 0.15) is 17.7 Å². The number of pyridine rings is 1. The molecule has 3 rings (SSSR count). The number of rotatable bonds is 4. The molecule has 2 aromatic rings. The van der Waals surface area contributed by atoms with Gasteiger partial charge in [0.05, 0.1) is 16.9 Å². The Hall–Kier alpha value is -2.18. The number of hydrogen-bond donors (Lipinski definition) is 2. The van der Waals surface area contributed by atoms with Crippen LogP contribution in [0.4, 0.5) is 21.6 Å². The lowest BCUT2D eigenvalue weighted by Gasteiger charge is -2.11. The molecule has 2 N–H and O–H groups in total. The van der Waals surface area contributed by atoms with E-state index in [4.69, 9.17) is 16.3 Å². The van der Waals surface area contributed by atoms with Crippen molar-refractivity contribution in [3.8, 4) is 0 Å². The topological polar surface area (TPSA) is 63.2 Å². The Morgan fingerprint density at radius 1 is 1.30 bits per heavy atom. The molecule has 1 fully saturated rings. The summed E-state index contributed by atoms with van der Waals surface area (Å²) in [5.74, 6) is -0.197. The number of nitrogens with one attached hydrogen (secondary N) is 2. The second-order valence-electron chi connectivity index (χ2n) is 5.18. The van der Waals surface area contributed by atoms with Gasteiger partial charge in [0, 0.05) is 12.3 Å². The highest BCUT2D eigenvalue weighted by Crippen LogP contribution is 2.23. The Morgan fingerprint density at radius 3 is 2.78 bits per heavy atom. The van der Waals surface area contributed by atoms with E-state index in [-0.39, 0.29) is 10.9 Å². The first-order valence-corrected chi connectivity index (χ1v) is 7.60. The molecule has 5 nitrogen and oxygen atoms in total. The van der Waals surface area contributed by atoms with Crippen molar-refractivity contribution in [1.29, 1.82) is 0 Å². The van der Waals surface area contributed by atoms with E-state index < -0.39 is 11.9 Å².